The fraction of sp³-hybridized carbons (Fsp3) is 0.421. The lowest BCUT2D eigenvalue weighted by Crippen LogP contribution is -2.46. The molecule has 0 aliphatic carbocycles. The average molecular weight is 406 g/mol. The van der Waals surface area contributed by atoms with E-state index in [4.69, 9.17) is 11.6 Å². The molecule has 0 saturated carbocycles. The molecule has 148 valence electrons. The third kappa shape index (κ3) is 3.32. The molecule has 2 atom stereocenters. The summed E-state index contributed by atoms with van der Waals surface area (Å²) in [5, 5.41) is 7.29. The monoisotopic (exact) mass is 405 g/mol. The molecule has 1 aromatic heterocycles. The molecule has 0 bridgehead atoms. The van der Waals surface area contributed by atoms with E-state index < -0.39 is 5.82 Å². The lowest BCUT2D eigenvalue weighted by Gasteiger charge is -2.35. The van der Waals surface area contributed by atoms with E-state index in [0.717, 1.165) is 11.4 Å². The molecule has 1 saturated heterocycles. The Morgan fingerprint density at radius 2 is 2.14 bits per heavy atom. The predicted octanol–water partition coefficient (Wildman–Crippen LogP) is 2.57. The van der Waals surface area contributed by atoms with E-state index >= 15 is 0 Å². The number of hydrogen-bond acceptors (Lipinski definition) is 3. The van der Waals surface area contributed by atoms with E-state index in [2.05, 4.69) is 10.4 Å². The van der Waals surface area contributed by atoms with E-state index in [-0.39, 0.29) is 35.5 Å². The molecule has 1 aromatic carbocycles. The van der Waals surface area contributed by atoms with Crippen molar-refractivity contribution in [2.75, 3.05) is 11.4 Å². The first kappa shape index (κ1) is 18.7. The highest BCUT2D eigenvalue weighted by atomic mass is 35.5. The number of fused-ring (bicyclic) bond motifs is 1. The van der Waals surface area contributed by atoms with Crippen molar-refractivity contribution in [2.45, 2.75) is 45.4 Å². The highest BCUT2D eigenvalue weighted by molar-refractivity contribution is 6.30. The molecule has 7 nitrogen and oxygen atoms in total. The van der Waals surface area contributed by atoms with Crippen LogP contribution in [0.15, 0.2) is 24.4 Å². The largest absolute Gasteiger partial charge is 0.333 e. The van der Waals surface area contributed by atoms with Crippen molar-refractivity contribution in [3.8, 4) is 0 Å². The van der Waals surface area contributed by atoms with Gasteiger partial charge in [-0.25, -0.2) is 9.18 Å². The van der Waals surface area contributed by atoms with Crippen LogP contribution in [0.1, 0.15) is 25.1 Å². The van der Waals surface area contributed by atoms with E-state index in [9.17, 15) is 14.0 Å². The number of halogens is 2. The summed E-state index contributed by atoms with van der Waals surface area (Å²) in [7, 11) is 0. The molecule has 2 aliphatic heterocycles. The zero-order valence-electron chi connectivity index (χ0n) is 15.7. The number of amides is 3. The highest BCUT2D eigenvalue weighted by Crippen LogP contribution is 2.29. The molecule has 0 radical (unpaired) electrons. The molecule has 2 aromatic rings. The van der Waals surface area contributed by atoms with E-state index in [0.29, 0.717) is 25.2 Å². The molecule has 28 heavy (non-hydrogen) atoms. The number of aromatic nitrogens is 2. The first-order valence-corrected chi connectivity index (χ1v) is 9.57. The molecular weight excluding hydrogens is 385 g/mol. The van der Waals surface area contributed by atoms with Crippen LogP contribution >= 0.6 is 11.6 Å². The van der Waals surface area contributed by atoms with Gasteiger partial charge in [-0.3, -0.25) is 14.4 Å². The Hall–Kier alpha value is -2.61. The topological polar surface area (TPSA) is 70.5 Å². The number of anilines is 1. The van der Waals surface area contributed by atoms with Crippen molar-refractivity contribution in [1.82, 2.24) is 20.0 Å². The van der Waals surface area contributed by atoms with Crippen LogP contribution in [0.3, 0.4) is 0 Å². The van der Waals surface area contributed by atoms with Gasteiger partial charge < -0.3 is 10.2 Å². The third-order valence-corrected chi connectivity index (χ3v) is 5.53. The molecule has 3 amide bonds. The highest BCUT2D eigenvalue weighted by Gasteiger charge is 2.34. The first-order chi connectivity index (χ1) is 13.3. The smallest absolute Gasteiger partial charge is 0.322 e. The second-order valence-electron chi connectivity index (χ2n) is 7.42. The van der Waals surface area contributed by atoms with Crippen LogP contribution in [-0.2, 0) is 24.3 Å². The van der Waals surface area contributed by atoms with Gasteiger partial charge >= 0.3 is 6.03 Å². The number of rotatable bonds is 3. The molecule has 2 aliphatic rings. The Kier molecular flexibility index (Phi) is 4.74. The van der Waals surface area contributed by atoms with Crippen molar-refractivity contribution in [3.63, 3.8) is 0 Å². The molecular formula is C19H21ClFN5O2. The summed E-state index contributed by atoms with van der Waals surface area (Å²) in [4.78, 5) is 28.6. The maximum atomic E-state index is 13.4. The second kappa shape index (κ2) is 7.09. The van der Waals surface area contributed by atoms with Gasteiger partial charge in [0.05, 0.1) is 42.1 Å². The van der Waals surface area contributed by atoms with Crippen molar-refractivity contribution >= 4 is 29.2 Å². The van der Waals surface area contributed by atoms with E-state index in [1.807, 2.05) is 18.5 Å². The van der Waals surface area contributed by atoms with E-state index in [1.165, 1.54) is 12.1 Å². The summed E-state index contributed by atoms with van der Waals surface area (Å²) in [6, 6.07) is 4.18. The van der Waals surface area contributed by atoms with Gasteiger partial charge in [-0.1, -0.05) is 17.7 Å². The quantitative estimate of drug-likeness (QED) is 0.853. The standard InChI is InChI=1S/C19H21ClFN5O2/c1-11-8-25(19(28)23-11)16-7-22-26-9-12(2)24(10-17(16)26)18(27)6-13-3-4-15(21)14(20)5-13/h3-5,7,11-12H,6,8-10H2,1-2H3,(H,23,28)/t11?,12-/m0/s1. The zero-order valence-corrected chi connectivity index (χ0v) is 16.4. The molecule has 4 rings (SSSR count). The minimum atomic E-state index is -0.504. The van der Waals surface area contributed by atoms with Crippen molar-refractivity contribution in [1.29, 1.82) is 0 Å². The Labute approximate surface area is 167 Å². The lowest BCUT2D eigenvalue weighted by molar-refractivity contribution is -0.134. The van der Waals surface area contributed by atoms with Gasteiger partial charge in [0, 0.05) is 18.6 Å². The summed E-state index contributed by atoms with van der Waals surface area (Å²) in [5.74, 6) is -0.580. The maximum Gasteiger partial charge on any atom is 0.322 e. The molecule has 3 heterocycles. The minimum absolute atomic E-state index is 0.00604. The Bertz CT molecular complexity index is 946. The summed E-state index contributed by atoms with van der Waals surface area (Å²) < 4.78 is 15.2. The molecule has 0 spiro atoms. The summed E-state index contributed by atoms with van der Waals surface area (Å²) in [6.07, 6.45) is 1.82. The number of benzene rings is 1. The summed E-state index contributed by atoms with van der Waals surface area (Å²) in [6.45, 7) is 5.39. The number of nitrogens with zero attached hydrogens (tertiary/aromatic N) is 4. The summed E-state index contributed by atoms with van der Waals surface area (Å²) in [5.41, 5.74) is 2.24. The lowest BCUT2D eigenvalue weighted by atomic mass is 10.1. The third-order valence-electron chi connectivity index (χ3n) is 5.24. The van der Waals surface area contributed by atoms with Crippen molar-refractivity contribution < 1.29 is 14.0 Å². The van der Waals surface area contributed by atoms with Gasteiger partial charge in [0.15, 0.2) is 0 Å². The predicted molar refractivity (Wildman–Crippen MR) is 103 cm³/mol. The van der Waals surface area contributed by atoms with Crippen LogP contribution in [0.2, 0.25) is 5.02 Å². The zero-order chi connectivity index (χ0) is 20.0. The van der Waals surface area contributed by atoms with Gasteiger partial charge in [-0.05, 0) is 31.5 Å². The number of carbonyl (C=O) groups is 2. The number of nitrogens with one attached hydrogen (secondary N) is 1. The van der Waals surface area contributed by atoms with Crippen LogP contribution in [0.25, 0.3) is 0 Å². The molecule has 9 heteroatoms. The summed E-state index contributed by atoms with van der Waals surface area (Å²) >= 11 is 5.83. The van der Waals surface area contributed by atoms with Crippen molar-refractivity contribution in [3.05, 3.63) is 46.5 Å². The first-order valence-electron chi connectivity index (χ1n) is 9.19. The Morgan fingerprint density at radius 3 is 2.82 bits per heavy atom. The fourth-order valence-electron chi connectivity index (χ4n) is 3.77. The van der Waals surface area contributed by atoms with Gasteiger partial charge in [-0.2, -0.15) is 5.10 Å². The van der Waals surface area contributed by atoms with Crippen LogP contribution in [-0.4, -0.2) is 45.2 Å². The average Bonchev–Trinajstić information content (AvgIpc) is 3.19. The second-order valence-corrected chi connectivity index (χ2v) is 7.82. The van der Waals surface area contributed by atoms with Gasteiger partial charge in [0.25, 0.3) is 0 Å². The normalized spacial score (nSPS) is 21.6. The minimum Gasteiger partial charge on any atom is -0.333 e. The van der Waals surface area contributed by atoms with Crippen LogP contribution < -0.4 is 10.2 Å². The maximum absolute atomic E-state index is 13.4. The number of urea groups is 1. The number of carbonyl (C=O) groups excluding carboxylic acids is 2. The van der Waals surface area contributed by atoms with Gasteiger partial charge in [0.2, 0.25) is 5.91 Å². The Morgan fingerprint density at radius 1 is 1.36 bits per heavy atom. The van der Waals surface area contributed by atoms with Gasteiger partial charge in [-0.15, -0.1) is 0 Å². The fourth-order valence-corrected chi connectivity index (χ4v) is 3.97. The SMILES string of the molecule is CC1CN(c2cnn3c2CN(C(=O)Cc2ccc(F)c(Cl)c2)[C@@H](C)C3)C(=O)N1. The Balaban J connectivity index is 1.55. The van der Waals surface area contributed by atoms with Crippen LogP contribution in [0, 0.1) is 5.82 Å². The molecule has 1 unspecified atom stereocenters. The van der Waals surface area contributed by atoms with Gasteiger partial charge in [0.1, 0.15) is 5.82 Å². The van der Waals surface area contributed by atoms with Crippen LogP contribution in [0.4, 0.5) is 14.9 Å². The van der Waals surface area contributed by atoms with Crippen LogP contribution in [0.5, 0.6) is 0 Å². The molecule has 1 fully saturated rings. The van der Waals surface area contributed by atoms with Crippen molar-refractivity contribution in [2.24, 2.45) is 0 Å². The van der Waals surface area contributed by atoms with E-state index in [1.54, 1.807) is 22.1 Å². The molecule has 1 N–H and O–H groups in total. The number of hydrogen-bond donors (Lipinski definition) is 1.